The second kappa shape index (κ2) is 8.74. The van der Waals surface area contributed by atoms with Gasteiger partial charge in [-0.25, -0.2) is 4.98 Å². The van der Waals surface area contributed by atoms with Gasteiger partial charge in [0.15, 0.2) is 11.0 Å². The molecule has 1 aliphatic carbocycles. The van der Waals surface area contributed by atoms with E-state index in [4.69, 9.17) is 14.2 Å². The second-order valence-corrected chi connectivity index (χ2v) is 11.1. The molecular formula is C22H22N4O3S3. The van der Waals surface area contributed by atoms with Crippen molar-refractivity contribution in [2.24, 2.45) is 0 Å². The number of aryl methyl sites for hydroxylation is 2. The lowest BCUT2D eigenvalue weighted by molar-refractivity contribution is 0.0937. The fourth-order valence-corrected chi connectivity index (χ4v) is 7.22. The van der Waals surface area contributed by atoms with Crippen molar-refractivity contribution in [1.82, 2.24) is 19.7 Å². The van der Waals surface area contributed by atoms with Crippen molar-refractivity contribution >= 4 is 44.7 Å². The number of hydrogen-bond acceptors (Lipinski definition) is 9. The van der Waals surface area contributed by atoms with Crippen molar-refractivity contribution in [1.29, 1.82) is 0 Å². The number of aromatic nitrogens is 4. The Hall–Kier alpha value is -2.01. The highest BCUT2D eigenvalue weighted by atomic mass is 32.2. The molecule has 0 saturated carbocycles. The van der Waals surface area contributed by atoms with Crippen molar-refractivity contribution in [3.05, 3.63) is 44.1 Å². The zero-order chi connectivity index (χ0) is 21.5. The largest absolute Gasteiger partial charge is 0.376 e. The van der Waals surface area contributed by atoms with E-state index in [-0.39, 0.29) is 11.7 Å². The predicted octanol–water partition coefficient (Wildman–Crippen LogP) is 4.92. The third-order valence-corrected chi connectivity index (χ3v) is 9.00. The summed E-state index contributed by atoms with van der Waals surface area (Å²) in [5.74, 6) is 1.62. The summed E-state index contributed by atoms with van der Waals surface area (Å²) in [6, 6.07) is 3.92. The van der Waals surface area contributed by atoms with E-state index in [1.165, 1.54) is 28.6 Å². The highest BCUT2D eigenvalue weighted by Crippen LogP contribution is 2.35. The molecule has 1 unspecified atom stereocenters. The van der Waals surface area contributed by atoms with Gasteiger partial charge in [0, 0.05) is 11.5 Å². The van der Waals surface area contributed by atoms with Crippen molar-refractivity contribution in [3.8, 4) is 10.8 Å². The van der Waals surface area contributed by atoms with Gasteiger partial charge in [-0.2, -0.15) is 4.98 Å². The van der Waals surface area contributed by atoms with Crippen LogP contribution < -0.4 is 5.56 Å². The zero-order valence-electron chi connectivity index (χ0n) is 17.4. The molecule has 10 heteroatoms. The minimum absolute atomic E-state index is 0.0661. The lowest BCUT2D eigenvalue weighted by Crippen LogP contribution is -2.29. The number of fused-ring (bicyclic) bond motifs is 3. The van der Waals surface area contributed by atoms with Crippen LogP contribution in [0.5, 0.6) is 0 Å². The van der Waals surface area contributed by atoms with Crippen molar-refractivity contribution in [3.63, 3.8) is 0 Å². The number of nitrogens with zero attached hydrogens (tertiary/aromatic N) is 4. The van der Waals surface area contributed by atoms with Gasteiger partial charge in [0.2, 0.25) is 0 Å². The molecule has 32 heavy (non-hydrogen) atoms. The van der Waals surface area contributed by atoms with Gasteiger partial charge in [-0.3, -0.25) is 9.36 Å². The fraction of sp³-hybridized carbons (Fsp3) is 0.455. The van der Waals surface area contributed by atoms with Crippen LogP contribution in [0.1, 0.15) is 41.9 Å². The summed E-state index contributed by atoms with van der Waals surface area (Å²) < 4.78 is 13.1. The molecule has 0 N–H and O–H groups in total. The van der Waals surface area contributed by atoms with Gasteiger partial charge in [0.1, 0.15) is 4.83 Å². The van der Waals surface area contributed by atoms with Crippen molar-refractivity contribution in [2.45, 2.75) is 62.1 Å². The molecule has 1 aliphatic heterocycles. The van der Waals surface area contributed by atoms with Gasteiger partial charge in [-0.1, -0.05) is 23.0 Å². The molecule has 1 atom stereocenters. The Morgan fingerprint density at radius 3 is 3.00 bits per heavy atom. The fourth-order valence-electron chi connectivity index (χ4n) is 4.43. The van der Waals surface area contributed by atoms with Gasteiger partial charge in [-0.05, 0) is 55.5 Å². The second-order valence-electron chi connectivity index (χ2n) is 8.12. The molecule has 1 fully saturated rings. The van der Waals surface area contributed by atoms with E-state index in [2.05, 4.69) is 10.1 Å². The first-order valence-corrected chi connectivity index (χ1v) is 13.6. The molecule has 1 saturated heterocycles. The van der Waals surface area contributed by atoms with Crippen molar-refractivity contribution < 1.29 is 9.26 Å². The van der Waals surface area contributed by atoms with Crippen LogP contribution in [0.15, 0.2) is 32.0 Å². The zero-order valence-corrected chi connectivity index (χ0v) is 19.9. The number of rotatable bonds is 6. The molecule has 4 aromatic rings. The average Bonchev–Trinajstić information content (AvgIpc) is 3.60. The molecule has 0 amide bonds. The van der Waals surface area contributed by atoms with E-state index in [1.54, 1.807) is 22.7 Å². The maximum absolute atomic E-state index is 13.7. The Bertz CT molecular complexity index is 1300. The van der Waals surface area contributed by atoms with Crippen LogP contribution in [-0.4, -0.2) is 32.4 Å². The average molecular weight is 487 g/mol. The van der Waals surface area contributed by atoms with Crippen LogP contribution in [0.3, 0.4) is 0 Å². The predicted molar refractivity (Wildman–Crippen MR) is 127 cm³/mol. The summed E-state index contributed by atoms with van der Waals surface area (Å²) in [5.41, 5.74) is 1.30. The van der Waals surface area contributed by atoms with Gasteiger partial charge >= 0.3 is 0 Å². The minimum Gasteiger partial charge on any atom is -0.376 e. The molecule has 0 radical (unpaired) electrons. The van der Waals surface area contributed by atoms with Gasteiger partial charge in [0.05, 0.1) is 28.7 Å². The SMILES string of the molecule is O=c1c2c3c(sc2nc(SCc2noc(-c4cccs4)n2)n1CC1CCCO1)CCCC3. The third-order valence-electron chi connectivity index (χ3n) is 5.98. The molecule has 0 aromatic carbocycles. The highest BCUT2D eigenvalue weighted by Gasteiger charge is 2.25. The van der Waals surface area contributed by atoms with E-state index in [0.717, 1.165) is 53.8 Å². The number of thioether (sulfide) groups is 1. The van der Waals surface area contributed by atoms with E-state index >= 15 is 0 Å². The lowest BCUT2D eigenvalue weighted by Gasteiger charge is -2.16. The number of ether oxygens (including phenoxy) is 1. The summed E-state index contributed by atoms with van der Waals surface area (Å²) in [5, 5.41) is 7.64. The molecule has 6 rings (SSSR count). The smallest absolute Gasteiger partial charge is 0.268 e. The quantitative estimate of drug-likeness (QED) is 0.283. The Labute approximate surface area is 196 Å². The summed E-state index contributed by atoms with van der Waals surface area (Å²) >= 11 is 4.74. The van der Waals surface area contributed by atoms with E-state index in [9.17, 15) is 4.79 Å². The molecule has 0 spiro atoms. The van der Waals surface area contributed by atoms with E-state index in [0.29, 0.717) is 29.2 Å². The molecule has 166 valence electrons. The molecular weight excluding hydrogens is 464 g/mol. The van der Waals surface area contributed by atoms with Crippen LogP contribution in [0, 0.1) is 0 Å². The van der Waals surface area contributed by atoms with Crippen molar-refractivity contribution in [2.75, 3.05) is 6.61 Å². The number of hydrogen-bond donors (Lipinski definition) is 0. The summed E-state index contributed by atoms with van der Waals surface area (Å²) in [4.78, 5) is 26.3. The van der Waals surface area contributed by atoms with Crippen LogP contribution in [-0.2, 0) is 29.9 Å². The Morgan fingerprint density at radius 1 is 1.22 bits per heavy atom. The first-order chi connectivity index (χ1) is 15.8. The van der Waals surface area contributed by atoms with E-state index < -0.39 is 0 Å². The molecule has 0 bridgehead atoms. The van der Waals surface area contributed by atoms with Gasteiger partial charge in [0.25, 0.3) is 11.4 Å². The van der Waals surface area contributed by atoms with Crippen LogP contribution >= 0.6 is 34.4 Å². The van der Waals surface area contributed by atoms with Crippen LogP contribution in [0.25, 0.3) is 21.0 Å². The molecule has 5 heterocycles. The van der Waals surface area contributed by atoms with E-state index in [1.807, 2.05) is 22.1 Å². The summed E-state index contributed by atoms with van der Waals surface area (Å²) in [6.45, 7) is 1.31. The van der Waals surface area contributed by atoms with Crippen LogP contribution in [0.4, 0.5) is 0 Å². The highest BCUT2D eigenvalue weighted by molar-refractivity contribution is 7.98. The third kappa shape index (κ3) is 3.83. The minimum atomic E-state index is 0.0661. The first-order valence-electron chi connectivity index (χ1n) is 10.9. The molecule has 2 aliphatic rings. The van der Waals surface area contributed by atoms with Crippen LogP contribution in [0.2, 0.25) is 0 Å². The maximum Gasteiger partial charge on any atom is 0.268 e. The number of thiophene rings is 2. The monoisotopic (exact) mass is 486 g/mol. The normalized spacial score (nSPS) is 18.4. The summed E-state index contributed by atoms with van der Waals surface area (Å²) in [7, 11) is 0. The standard InChI is InChI=1S/C22H22N4O3S3/c27-21-18-14-6-1-2-7-15(14)32-20(18)24-22(26(21)11-13-5-3-9-28-13)31-12-17-23-19(29-25-17)16-8-4-10-30-16/h4,8,10,13H,1-3,5-7,9,11-12H2. The van der Waals surface area contributed by atoms with Gasteiger partial charge < -0.3 is 9.26 Å². The summed E-state index contributed by atoms with van der Waals surface area (Å²) in [6.07, 6.45) is 6.45. The Kier molecular flexibility index (Phi) is 5.62. The molecule has 7 nitrogen and oxygen atoms in total. The molecule has 4 aromatic heterocycles. The Morgan fingerprint density at radius 2 is 2.16 bits per heavy atom. The Balaban J connectivity index is 1.34. The topological polar surface area (TPSA) is 83.0 Å². The lowest BCUT2D eigenvalue weighted by atomic mass is 9.97. The van der Waals surface area contributed by atoms with Gasteiger partial charge in [-0.15, -0.1) is 22.7 Å². The first kappa shape index (κ1) is 20.6. The maximum atomic E-state index is 13.7.